The molecule has 4 heteroatoms. The van der Waals surface area contributed by atoms with Crippen molar-refractivity contribution < 1.29 is 9.53 Å². The normalized spacial score (nSPS) is 32.7. The van der Waals surface area contributed by atoms with Crippen molar-refractivity contribution in [3.05, 3.63) is 0 Å². The van der Waals surface area contributed by atoms with Crippen LogP contribution in [0.4, 0.5) is 0 Å². The van der Waals surface area contributed by atoms with Crippen LogP contribution < -0.4 is 5.73 Å². The van der Waals surface area contributed by atoms with Gasteiger partial charge in [-0.3, -0.25) is 4.79 Å². The third-order valence-electron chi connectivity index (χ3n) is 4.93. The number of hydrogen-bond acceptors (Lipinski definition) is 4. The van der Waals surface area contributed by atoms with Gasteiger partial charge in [0, 0.05) is 12.1 Å². The second kappa shape index (κ2) is 6.23. The average Bonchev–Trinajstić information content (AvgIpc) is 2.83. The minimum atomic E-state index is -0.746. The molecule has 2 saturated carbocycles. The van der Waals surface area contributed by atoms with E-state index in [1.54, 1.807) is 0 Å². The monoisotopic (exact) mass is 268 g/mol. The summed E-state index contributed by atoms with van der Waals surface area (Å²) in [6, 6.07) is 1.13. The highest BCUT2D eigenvalue weighted by atomic mass is 16.5. The van der Waals surface area contributed by atoms with Crippen molar-refractivity contribution in [3.8, 4) is 0 Å². The molecular weight excluding hydrogens is 240 g/mol. The fourth-order valence-electron chi connectivity index (χ4n) is 3.64. The maximum Gasteiger partial charge on any atom is 0.326 e. The van der Waals surface area contributed by atoms with Crippen LogP contribution in [0.15, 0.2) is 0 Å². The lowest BCUT2D eigenvalue weighted by Gasteiger charge is -2.36. The fraction of sp³-hybridized carbons (Fsp3) is 0.933. The highest BCUT2D eigenvalue weighted by molar-refractivity contribution is 5.81. The summed E-state index contributed by atoms with van der Waals surface area (Å²) in [4.78, 5) is 14.4. The maximum absolute atomic E-state index is 11.9. The van der Waals surface area contributed by atoms with Gasteiger partial charge in [0.1, 0.15) is 5.54 Å². The Bertz CT molecular complexity index is 315. The van der Waals surface area contributed by atoms with Crippen LogP contribution >= 0.6 is 0 Å². The van der Waals surface area contributed by atoms with E-state index in [2.05, 4.69) is 11.9 Å². The largest absolute Gasteiger partial charge is 0.465 e. The molecule has 0 aromatic rings. The summed E-state index contributed by atoms with van der Waals surface area (Å²) >= 11 is 0. The van der Waals surface area contributed by atoms with Crippen LogP contribution in [0.25, 0.3) is 0 Å². The summed E-state index contributed by atoms with van der Waals surface area (Å²) in [6.07, 6.45) is 9.17. The highest BCUT2D eigenvalue weighted by Crippen LogP contribution is 2.34. The molecule has 0 bridgehead atoms. The van der Waals surface area contributed by atoms with Crippen LogP contribution in [0.3, 0.4) is 0 Å². The molecule has 4 nitrogen and oxygen atoms in total. The second-order valence-corrected chi connectivity index (χ2v) is 6.23. The van der Waals surface area contributed by atoms with Gasteiger partial charge in [-0.05, 0) is 46.1 Å². The molecule has 2 rings (SSSR count). The first kappa shape index (κ1) is 14.8. The molecule has 2 aliphatic carbocycles. The van der Waals surface area contributed by atoms with Crippen LogP contribution in [-0.4, -0.2) is 42.1 Å². The van der Waals surface area contributed by atoms with Gasteiger partial charge in [0.15, 0.2) is 0 Å². The predicted octanol–water partition coefficient (Wildman–Crippen LogP) is 2.06. The van der Waals surface area contributed by atoms with E-state index in [9.17, 15) is 4.79 Å². The zero-order valence-electron chi connectivity index (χ0n) is 12.4. The van der Waals surface area contributed by atoms with E-state index < -0.39 is 5.54 Å². The molecule has 2 aliphatic rings. The van der Waals surface area contributed by atoms with Gasteiger partial charge in [0.05, 0.1) is 6.61 Å². The van der Waals surface area contributed by atoms with Crippen LogP contribution in [0.1, 0.15) is 58.3 Å². The molecule has 0 spiro atoms. The van der Waals surface area contributed by atoms with Crippen molar-refractivity contribution in [2.75, 3.05) is 13.7 Å². The first-order valence-electron chi connectivity index (χ1n) is 7.75. The Balaban J connectivity index is 1.91. The van der Waals surface area contributed by atoms with E-state index >= 15 is 0 Å². The van der Waals surface area contributed by atoms with Crippen molar-refractivity contribution in [3.63, 3.8) is 0 Å². The van der Waals surface area contributed by atoms with Gasteiger partial charge in [0.25, 0.3) is 0 Å². The number of esters is 1. The molecule has 2 atom stereocenters. The van der Waals surface area contributed by atoms with Gasteiger partial charge >= 0.3 is 5.97 Å². The van der Waals surface area contributed by atoms with Crippen molar-refractivity contribution in [1.29, 1.82) is 0 Å². The summed E-state index contributed by atoms with van der Waals surface area (Å²) in [5.74, 6) is -0.213. The third-order valence-corrected chi connectivity index (χ3v) is 4.93. The zero-order valence-corrected chi connectivity index (χ0v) is 12.4. The van der Waals surface area contributed by atoms with Gasteiger partial charge in [-0.1, -0.05) is 19.3 Å². The summed E-state index contributed by atoms with van der Waals surface area (Å²) in [7, 11) is 2.21. The third kappa shape index (κ3) is 3.29. The summed E-state index contributed by atoms with van der Waals surface area (Å²) in [5, 5.41) is 0. The van der Waals surface area contributed by atoms with E-state index in [1.807, 2.05) is 6.92 Å². The Morgan fingerprint density at radius 1 is 1.26 bits per heavy atom. The Morgan fingerprint density at radius 2 is 1.95 bits per heavy atom. The first-order chi connectivity index (χ1) is 9.07. The molecule has 0 heterocycles. The second-order valence-electron chi connectivity index (χ2n) is 6.23. The van der Waals surface area contributed by atoms with E-state index in [4.69, 9.17) is 10.5 Å². The van der Waals surface area contributed by atoms with Crippen LogP contribution in [0.5, 0.6) is 0 Å². The molecule has 2 fully saturated rings. The lowest BCUT2D eigenvalue weighted by Crippen LogP contribution is -2.49. The number of carbonyl (C=O) groups is 1. The maximum atomic E-state index is 11.9. The molecule has 0 aromatic heterocycles. The molecule has 0 amide bonds. The number of carbonyl (C=O) groups excluding carboxylic acids is 1. The number of hydrogen-bond donors (Lipinski definition) is 1. The summed E-state index contributed by atoms with van der Waals surface area (Å²) < 4.78 is 5.12. The van der Waals surface area contributed by atoms with Crippen LogP contribution in [0.2, 0.25) is 0 Å². The van der Waals surface area contributed by atoms with Crippen molar-refractivity contribution in [2.45, 2.75) is 75.9 Å². The highest BCUT2D eigenvalue weighted by Gasteiger charge is 2.45. The number of ether oxygens (including phenoxy) is 1. The quantitative estimate of drug-likeness (QED) is 0.793. The van der Waals surface area contributed by atoms with Crippen LogP contribution in [-0.2, 0) is 9.53 Å². The van der Waals surface area contributed by atoms with Gasteiger partial charge < -0.3 is 15.4 Å². The van der Waals surface area contributed by atoms with Crippen molar-refractivity contribution in [1.82, 2.24) is 4.90 Å². The molecule has 0 radical (unpaired) electrons. The Labute approximate surface area is 116 Å². The van der Waals surface area contributed by atoms with E-state index in [1.165, 1.54) is 32.1 Å². The SMILES string of the molecule is CCOC(=O)C1(N)CCC(N(C)C2CCCCC2)C1. The molecule has 0 saturated heterocycles. The summed E-state index contributed by atoms with van der Waals surface area (Å²) in [6.45, 7) is 2.25. The molecule has 110 valence electrons. The molecular formula is C15H28N2O2. The predicted molar refractivity (Wildman–Crippen MR) is 75.8 cm³/mol. The van der Waals surface area contributed by atoms with Gasteiger partial charge in [-0.15, -0.1) is 0 Å². The molecule has 19 heavy (non-hydrogen) atoms. The molecule has 0 aromatic carbocycles. The van der Waals surface area contributed by atoms with E-state index in [-0.39, 0.29) is 5.97 Å². The molecule has 0 aliphatic heterocycles. The van der Waals surface area contributed by atoms with Crippen molar-refractivity contribution in [2.24, 2.45) is 5.73 Å². The fourth-order valence-corrected chi connectivity index (χ4v) is 3.64. The first-order valence-corrected chi connectivity index (χ1v) is 7.75. The van der Waals surface area contributed by atoms with E-state index in [0.29, 0.717) is 18.7 Å². The van der Waals surface area contributed by atoms with Crippen molar-refractivity contribution >= 4 is 5.97 Å². The summed E-state index contributed by atoms with van der Waals surface area (Å²) in [5.41, 5.74) is 5.50. The Morgan fingerprint density at radius 3 is 2.58 bits per heavy atom. The number of nitrogens with zero attached hydrogens (tertiary/aromatic N) is 1. The zero-order chi connectivity index (χ0) is 13.9. The van der Waals surface area contributed by atoms with E-state index in [0.717, 1.165) is 19.3 Å². The standard InChI is InChI=1S/C15H28N2O2/c1-3-19-14(18)15(16)10-9-13(11-15)17(2)12-7-5-4-6-8-12/h12-13H,3-11,16H2,1-2H3. The van der Waals surface area contributed by atoms with Gasteiger partial charge in [-0.2, -0.15) is 0 Å². The van der Waals surface area contributed by atoms with Crippen LogP contribution in [0, 0.1) is 0 Å². The Kier molecular flexibility index (Phi) is 4.85. The Hall–Kier alpha value is -0.610. The minimum absolute atomic E-state index is 0.213. The topological polar surface area (TPSA) is 55.6 Å². The molecule has 2 unspecified atom stereocenters. The number of nitrogens with two attached hydrogens (primary N) is 1. The minimum Gasteiger partial charge on any atom is -0.465 e. The lowest BCUT2D eigenvalue weighted by molar-refractivity contribution is -0.149. The molecule has 2 N–H and O–H groups in total. The number of rotatable bonds is 4. The van der Waals surface area contributed by atoms with Gasteiger partial charge in [0.2, 0.25) is 0 Å². The smallest absolute Gasteiger partial charge is 0.326 e. The average molecular weight is 268 g/mol. The lowest BCUT2D eigenvalue weighted by atomic mass is 9.93. The van der Waals surface area contributed by atoms with Gasteiger partial charge in [-0.25, -0.2) is 0 Å².